The van der Waals surface area contributed by atoms with Gasteiger partial charge in [-0.1, -0.05) is 36.8 Å². The lowest BCUT2D eigenvalue weighted by Gasteiger charge is -2.24. The van der Waals surface area contributed by atoms with Crippen LogP contribution in [0, 0.1) is 6.92 Å². The minimum Gasteiger partial charge on any atom is -0.326 e. The number of benzene rings is 1. The van der Waals surface area contributed by atoms with E-state index in [9.17, 15) is 4.79 Å². The van der Waals surface area contributed by atoms with E-state index in [4.69, 9.17) is 0 Å². The van der Waals surface area contributed by atoms with Crippen LogP contribution in [0.4, 0.5) is 4.79 Å². The number of hydrogen-bond donors (Lipinski definition) is 1. The number of likely N-dealkylation sites (N-methyl/N-ethyl adjacent to an activating group) is 2. The van der Waals surface area contributed by atoms with Crippen LogP contribution in [0.25, 0.3) is 0 Å². The molecule has 1 aromatic rings. The number of nitrogens with zero attached hydrogens (tertiary/aromatic N) is 2. The predicted octanol–water partition coefficient (Wildman–Crippen LogP) is 2.01. The second-order valence-electron chi connectivity index (χ2n) is 5.17. The fourth-order valence-corrected chi connectivity index (χ4v) is 2.43. The standard InChI is InChI=1S/C15H23N3O/c1-4-16-14(13-7-5-12(2)6-8-13)11-18-10-9-17(3)15(18)19/h5-8,14,16H,4,9-11H2,1-3H3. The number of aryl methyl sites for hydroxylation is 1. The first kappa shape index (κ1) is 13.9. The zero-order valence-corrected chi connectivity index (χ0v) is 12.0. The van der Waals surface area contributed by atoms with E-state index in [1.54, 1.807) is 4.90 Å². The van der Waals surface area contributed by atoms with Crippen LogP contribution < -0.4 is 5.32 Å². The quantitative estimate of drug-likeness (QED) is 0.880. The van der Waals surface area contributed by atoms with E-state index in [2.05, 4.69) is 43.4 Å². The Balaban J connectivity index is 2.08. The van der Waals surface area contributed by atoms with Crippen LogP contribution in [0.1, 0.15) is 24.1 Å². The summed E-state index contributed by atoms with van der Waals surface area (Å²) in [6.07, 6.45) is 0. The molecule has 1 fully saturated rings. The molecule has 1 N–H and O–H groups in total. The Labute approximate surface area is 115 Å². The van der Waals surface area contributed by atoms with Gasteiger partial charge in [-0.15, -0.1) is 0 Å². The van der Waals surface area contributed by atoms with Crippen LogP contribution in [-0.4, -0.2) is 49.1 Å². The molecule has 1 aliphatic heterocycles. The average molecular weight is 261 g/mol. The van der Waals surface area contributed by atoms with Gasteiger partial charge in [0.2, 0.25) is 0 Å². The third-order valence-electron chi connectivity index (χ3n) is 3.64. The van der Waals surface area contributed by atoms with Crippen molar-refractivity contribution in [3.8, 4) is 0 Å². The molecule has 0 saturated carbocycles. The molecule has 104 valence electrons. The second kappa shape index (κ2) is 6.06. The molecule has 1 saturated heterocycles. The van der Waals surface area contributed by atoms with E-state index in [1.807, 2.05) is 11.9 Å². The fourth-order valence-electron chi connectivity index (χ4n) is 2.43. The van der Waals surface area contributed by atoms with Crippen LogP contribution in [0.3, 0.4) is 0 Å². The number of rotatable bonds is 5. The van der Waals surface area contributed by atoms with Gasteiger partial charge in [-0.25, -0.2) is 4.79 Å². The molecule has 1 heterocycles. The van der Waals surface area contributed by atoms with Gasteiger partial charge in [0.05, 0.1) is 0 Å². The maximum Gasteiger partial charge on any atom is 0.319 e. The Hall–Kier alpha value is -1.55. The van der Waals surface area contributed by atoms with E-state index in [-0.39, 0.29) is 12.1 Å². The van der Waals surface area contributed by atoms with Crippen molar-refractivity contribution in [2.45, 2.75) is 19.9 Å². The normalized spacial score (nSPS) is 17.1. The molecule has 0 aromatic heterocycles. The predicted molar refractivity (Wildman–Crippen MR) is 77.2 cm³/mol. The number of carbonyl (C=O) groups excluding carboxylic acids is 1. The summed E-state index contributed by atoms with van der Waals surface area (Å²) in [6, 6.07) is 8.88. The van der Waals surface area contributed by atoms with Gasteiger partial charge in [-0.3, -0.25) is 0 Å². The minimum absolute atomic E-state index is 0.134. The molecule has 19 heavy (non-hydrogen) atoms. The van der Waals surface area contributed by atoms with Crippen molar-refractivity contribution in [2.24, 2.45) is 0 Å². The third-order valence-corrected chi connectivity index (χ3v) is 3.64. The average Bonchev–Trinajstić information content (AvgIpc) is 2.71. The molecule has 0 spiro atoms. The molecule has 1 unspecified atom stereocenters. The van der Waals surface area contributed by atoms with Gasteiger partial charge >= 0.3 is 6.03 Å². The van der Waals surface area contributed by atoms with Gasteiger partial charge in [0.1, 0.15) is 0 Å². The third kappa shape index (κ3) is 3.26. The fraction of sp³-hybridized carbons (Fsp3) is 0.533. The van der Waals surface area contributed by atoms with E-state index >= 15 is 0 Å². The van der Waals surface area contributed by atoms with Crippen molar-refractivity contribution < 1.29 is 4.79 Å². The summed E-state index contributed by atoms with van der Waals surface area (Å²) in [5, 5.41) is 3.47. The molecular weight excluding hydrogens is 238 g/mol. The summed E-state index contributed by atoms with van der Waals surface area (Å²) in [6.45, 7) is 7.47. The lowest BCUT2D eigenvalue weighted by atomic mass is 10.0. The van der Waals surface area contributed by atoms with Gasteiger partial charge in [0.25, 0.3) is 0 Å². The first-order valence-electron chi connectivity index (χ1n) is 6.91. The number of amides is 2. The van der Waals surface area contributed by atoms with Crippen LogP contribution in [0.15, 0.2) is 24.3 Å². The highest BCUT2D eigenvalue weighted by atomic mass is 16.2. The summed E-state index contributed by atoms with van der Waals surface area (Å²) >= 11 is 0. The molecule has 0 aliphatic carbocycles. The molecule has 2 rings (SSSR count). The van der Waals surface area contributed by atoms with Crippen molar-refractivity contribution in [3.05, 3.63) is 35.4 Å². The SMILES string of the molecule is CCNC(CN1CCN(C)C1=O)c1ccc(C)cc1. The highest BCUT2D eigenvalue weighted by molar-refractivity contribution is 5.76. The van der Waals surface area contributed by atoms with Crippen LogP contribution >= 0.6 is 0 Å². The van der Waals surface area contributed by atoms with Gasteiger partial charge in [0.15, 0.2) is 0 Å². The molecular formula is C15H23N3O. The molecule has 0 radical (unpaired) electrons. The largest absolute Gasteiger partial charge is 0.326 e. The van der Waals surface area contributed by atoms with Crippen LogP contribution in [0.5, 0.6) is 0 Å². The number of carbonyl (C=O) groups is 1. The molecule has 1 aromatic carbocycles. The Bertz CT molecular complexity index is 430. The summed E-state index contributed by atoms with van der Waals surface area (Å²) in [5.41, 5.74) is 2.51. The Morgan fingerprint density at radius 2 is 1.95 bits per heavy atom. The number of hydrogen-bond acceptors (Lipinski definition) is 2. The van der Waals surface area contributed by atoms with Crippen LogP contribution in [0.2, 0.25) is 0 Å². The second-order valence-corrected chi connectivity index (χ2v) is 5.17. The van der Waals surface area contributed by atoms with Gasteiger partial charge in [-0.05, 0) is 19.0 Å². The van der Waals surface area contributed by atoms with E-state index < -0.39 is 0 Å². The van der Waals surface area contributed by atoms with Gasteiger partial charge in [-0.2, -0.15) is 0 Å². The number of nitrogens with one attached hydrogen (secondary N) is 1. The van der Waals surface area contributed by atoms with E-state index in [1.165, 1.54) is 11.1 Å². The van der Waals surface area contributed by atoms with Crippen LogP contribution in [-0.2, 0) is 0 Å². The molecule has 1 atom stereocenters. The molecule has 4 nitrogen and oxygen atoms in total. The zero-order valence-electron chi connectivity index (χ0n) is 12.0. The first-order valence-corrected chi connectivity index (χ1v) is 6.91. The topological polar surface area (TPSA) is 35.6 Å². The zero-order chi connectivity index (χ0) is 13.8. The van der Waals surface area contributed by atoms with Gasteiger partial charge < -0.3 is 15.1 Å². The van der Waals surface area contributed by atoms with E-state index in [0.717, 1.165) is 26.2 Å². The molecule has 4 heteroatoms. The Morgan fingerprint density at radius 3 is 2.47 bits per heavy atom. The summed E-state index contributed by atoms with van der Waals surface area (Å²) in [5.74, 6) is 0. The van der Waals surface area contributed by atoms with E-state index in [0.29, 0.717) is 0 Å². The lowest BCUT2D eigenvalue weighted by molar-refractivity contribution is 0.194. The van der Waals surface area contributed by atoms with Crippen molar-refractivity contribution >= 4 is 6.03 Å². The van der Waals surface area contributed by atoms with Crippen molar-refractivity contribution in [3.63, 3.8) is 0 Å². The summed E-state index contributed by atoms with van der Waals surface area (Å²) in [4.78, 5) is 15.7. The van der Waals surface area contributed by atoms with Crippen molar-refractivity contribution in [2.75, 3.05) is 33.2 Å². The number of urea groups is 1. The summed E-state index contributed by atoms with van der Waals surface area (Å²) < 4.78 is 0. The molecule has 2 amide bonds. The smallest absolute Gasteiger partial charge is 0.319 e. The van der Waals surface area contributed by atoms with Crippen molar-refractivity contribution in [1.82, 2.24) is 15.1 Å². The highest BCUT2D eigenvalue weighted by Crippen LogP contribution is 2.18. The lowest BCUT2D eigenvalue weighted by Crippen LogP contribution is -2.37. The van der Waals surface area contributed by atoms with Crippen molar-refractivity contribution in [1.29, 1.82) is 0 Å². The highest BCUT2D eigenvalue weighted by Gasteiger charge is 2.27. The maximum absolute atomic E-state index is 12.0. The molecule has 1 aliphatic rings. The maximum atomic E-state index is 12.0. The minimum atomic E-state index is 0.134. The summed E-state index contributed by atoms with van der Waals surface area (Å²) in [7, 11) is 1.86. The van der Waals surface area contributed by atoms with Gasteiger partial charge in [0, 0.05) is 32.7 Å². The monoisotopic (exact) mass is 261 g/mol. The molecule has 0 bridgehead atoms. The first-order chi connectivity index (χ1) is 9.11. The Kier molecular flexibility index (Phi) is 4.43. The Morgan fingerprint density at radius 1 is 1.26 bits per heavy atom.